The first-order chi connectivity index (χ1) is 12.1. The van der Waals surface area contributed by atoms with Gasteiger partial charge in [0.25, 0.3) is 0 Å². The minimum Gasteiger partial charge on any atom is -0.496 e. The molecule has 5 nitrogen and oxygen atoms in total. The molecule has 1 atom stereocenters. The monoisotopic (exact) mass is 366 g/mol. The molecule has 1 aromatic carbocycles. The first kappa shape index (κ1) is 18.7. The van der Waals surface area contributed by atoms with Crippen molar-refractivity contribution in [2.75, 3.05) is 26.7 Å². The molecule has 1 saturated carbocycles. The quantitative estimate of drug-likeness (QED) is 0.806. The number of methoxy groups -OCH3 is 1. The van der Waals surface area contributed by atoms with Crippen molar-refractivity contribution in [1.29, 1.82) is 0 Å². The zero-order valence-electron chi connectivity index (χ0n) is 15.1. The van der Waals surface area contributed by atoms with E-state index in [4.69, 9.17) is 4.74 Å². The van der Waals surface area contributed by atoms with Crippen molar-refractivity contribution in [3.63, 3.8) is 0 Å². The lowest BCUT2D eigenvalue weighted by molar-refractivity contribution is 0.162. The van der Waals surface area contributed by atoms with Gasteiger partial charge in [0.1, 0.15) is 5.75 Å². The molecule has 6 heteroatoms. The molecule has 1 heterocycles. The molecular weight excluding hydrogens is 336 g/mol. The predicted octanol–water partition coefficient (Wildman–Crippen LogP) is 3.08. The number of nitrogens with one attached hydrogen (secondary N) is 1. The van der Waals surface area contributed by atoms with Crippen LogP contribution in [0, 0.1) is 0 Å². The van der Waals surface area contributed by atoms with Crippen molar-refractivity contribution >= 4 is 10.0 Å². The lowest BCUT2D eigenvalue weighted by Crippen LogP contribution is -2.42. The van der Waals surface area contributed by atoms with Crippen LogP contribution in [0.4, 0.5) is 0 Å². The molecule has 25 heavy (non-hydrogen) atoms. The molecule has 140 valence electrons. The van der Waals surface area contributed by atoms with Gasteiger partial charge in [-0.3, -0.25) is 4.90 Å². The van der Waals surface area contributed by atoms with Crippen LogP contribution < -0.4 is 9.46 Å². The van der Waals surface area contributed by atoms with Crippen LogP contribution in [0.15, 0.2) is 24.3 Å². The maximum atomic E-state index is 12.6. The molecule has 1 aliphatic carbocycles. The normalized spacial score (nSPS) is 21.3. The molecule has 0 bridgehead atoms. The third-order valence-corrected chi connectivity index (χ3v) is 7.47. The molecular formula is C19H30N2O3S. The predicted molar refractivity (Wildman–Crippen MR) is 100 cm³/mol. The molecule has 3 rings (SSSR count). The van der Waals surface area contributed by atoms with Crippen molar-refractivity contribution in [2.45, 2.75) is 56.2 Å². The Morgan fingerprint density at radius 3 is 2.48 bits per heavy atom. The fourth-order valence-electron chi connectivity index (χ4n) is 4.12. The summed E-state index contributed by atoms with van der Waals surface area (Å²) in [6.07, 6.45) is 7.21. The Morgan fingerprint density at radius 2 is 1.80 bits per heavy atom. The highest BCUT2D eigenvalue weighted by Gasteiger charge is 2.31. The summed E-state index contributed by atoms with van der Waals surface area (Å²) in [5, 5.41) is -0.216. The first-order valence-electron chi connectivity index (χ1n) is 9.47. The highest BCUT2D eigenvalue weighted by atomic mass is 32.2. The van der Waals surface area contributed by atoms with Gasteiger partial charge in [0.15, 0.2) is 0 Å². The van der Waals surface area contributed by atoms with E-state index in [-0.39, 0.29) is 11.3 Å². The summed E-state index contributed by atoms with van der Waals surface area (Å²) < 4.78 is 33.8. The number of rotatable bonds is 7. The first-order valence-corrected chi connectivity index (χ1v) is 11.0. The van der Waals surface area contributed by atoms with Gasteiger partial charge in [-0.05, 0) is 44.8 Å². The zero-order chi connectivity index (χ0) is 17.7. The minimum atomic E-state index is -3.24. The van der Waals surface area contributed by atoms with Crippen molar-refractivity contribution in [3.8, 4) is 5.75 Å². The average molecular weight is 367 g/mol. The van der Waals surface area contributed by atoms with Crippen molar-refractivity contribution in [3.05, 3.63) is 29.8 Å². The number of nitrogens with zero attached hydrogens (tertiary/aromatic N) is 1. The van der Waals surface area contributed by atoms with Crippen LogP contribution in [0.25, 0.3) is 0 Å². The molecule has 0 aromatic heterocycles. The second kappa shape index (κ2) is 8.52. The van der Waals surface area contributed by atoms with Crippen LogP contribution in [-0.2, 0) is 10.0 Å². The fourth-order valence-corrected chi connectivity index (χ4v) is 5.70. The Hall–Kier alpha value is -1.11. The maximum Gasteiger partial charge on any atom is 0.214 e. The van der Waals surface area contributed by atoms with Gasteiger partial charge in [-0.25, -0.2) is 13.1 Å². The lowest BCUT2D eigenvalue weighted by atomic mass is 10.0. The Morgan fingerprint density at radius 1 is 1.12 bits per heavy atom. The van der Waals surface area contributed by atoms with E-state index in [2.05, 4.69) is 15.7 Å². The van der Waals surface area contributed by atoms with Crippen LogP contribution >= 0.6 is 0 Å². The summed E-state index contributed by atoms with van der Waals surface area (Å²) in [6.45, 7) is 2.43. The minimum absolute atomic E-state index is 0.0210. The molecule has 0 spiro atoms. The average Bonchev–Trinajstić information content (AvgIpc) is 3.19. The fraction of sp³-hybridized carbons (Fsp3) is 0.684. The number of likely N-dealkylation sites (tertiary alicyclic amines) is 1. The molecule has 0 radical (unpaired) electrons. The van der Waals surface area contributed by atoms with E-state index in [1.165, 1.54) is 19.3 Å². The van der Waals surface area contributed by atoms with Gasteiger partial charge < -0.3 is 4.74 Å². The Bertz CT molecular complexity index is 650. The number of hydrogen-bond acceptors (Lipinski definition) is 4. The van der Waals surface area contributed by atoms with Gasteiger partial charge in [-0.1, -0.05) is 37.5 Å². The number of ether oxygens (including phenoxy) is 1. The molecule has 1 aromatic rings. The smallest absolute Gasteiger partial charge is 0.214 e. The third kappa shape index (κ3) is 4.54. The number of piperidine rings is 1. The van der Waals surface area contributed by atoms with Crippen molar-refractivity contribution in [1.82, 2.24) is 9.62 Å². The SMILES string of the molecule is COc1ccccc1C(CNS(=O)(=O)C1CCCC1)N1CCCCC1. The van der Waals surface area contributed by atoms with Crippen molar-refractivity contribution < 1.29 is 13.2 Å². The molecule has 2 fully saturated rings. The van der Waals surface area contributed by atoms with Crippen molar-refractivity contribution in [2.24, 2.45) is 0 Å². The summed E-state index contributed by atoms with van der Waals surface area (Å²) in [7, 11) is -1.56. The van der Waals surface area contributed by atoms with Gasteiger partial charge >= 0.3 is 0 Å². The van der Waals surface area contributed by atoms with E-state index in [0.29, 0.717) is 6.54 Å². The number of benzene rings is 1. The standard InChI is InChI=1S/C19H30N2O3S/c1-24-19-12-6-5-11-17(19)18(21-13-7-2-8-14-21)15-20-25(22,23)16-9-3-4-10-16/h5-6,11-12,16,18,20H,2-4,7-10,13-15H2,1H3. The van der Waals surface area contributed by atoms with Crippen LogP contribution in [0.3, 0.4) is 0 Å². The lowest BCUT2D eigenvalue weighted by Gasteiger charge is -2.35. The Balaban J connectivity index is 1.78. The van der Waals surface area contributed by atoms with Gasteiger partial charge in [-0.15, -0.1) is 0 Å². The summed E-state index contributed by atoms with van der Waals surface area (Å²) >= 11 is 0. The summed E-state index contributed by atoms with van der Waals surface area (Å²) in [6, 6.07) is 7.99. The van der Waals surface area contributed by atoms with Crippen LogP contribution in [-0.4, -0.2) is 45.3 Å². The van der Waals surface area contributed by atoms with Gasteiger partial charge in [0.2, 0.25) is 10.0 Å². The molecule has 1 saturated heterocycles. The van der Waals surface area contributed by atoms with E-state index in [0.717, 1.165) is 50.1 Å². The summed E-state index contributed by atoms with van der Waals surface area (Å²) in [5.74, 6) is 0.832. The van der Waals surface area contributed by atoms with Crippen LogP contribution in [0.1, 0.15) is 56.6 Å². The number of hydrogen-bond donors (Lipinski definition) is 1. The Labute approximate surface area is 151 Å². The third-order valence-electron chi connectivity index (χ3n) is 5.55. The van der Waals surface area contributed by atoms with E-state index in [1.807, 2.05) is 18.2 Å². The van der Waals surface area contributed by atoms with E-state index in [1.54, 1.807) is 7.11 Å². The van der Waals surface area contributed by atoms with Gasteiger partial charge in [-0.2, -0.15) is 0 Å². The van der Waals surface area contributed by atoms with E-state index >= 15 is 0 Å². The molecule has 1 N–H and O–H groups in total. The largest absolute Gasteiger partial charge is 0.496 e. The number of para-hydroxylation sites is 1. The van der Waals surface area contributed by atoms with Gasteiger partial charge in [0.05, 0.1) is 18.4 Å². The van der Waals surface area contributed by atoms with E-state index in [9.17, 15) is 8.42 Å². The second-order valence-electron chi connectivity index (χ2n) is 7.15. The van der Waals surface area contributed by atoms with Gasteiger partial charge in [0, 0.05) is 12.1 Å². The number of sulfonamides is 1. The topological polar surface area (TPSA) is 58.6 Å². The molecule has 1 unspecified atom stereocenters. The van der Waals surface area contributed by atoms with E-state index < -0.39 is 10.0 Å². The second-order valence-corrected chi connectivity index (χ2v) is 9.20. The molecule has 1 aliphatic heterocycles. The van der Waals surface area contributed by atoms with Crippen LogP contribution in [0.2, 0.25) is 0 Å². The Kier molecular flexibility index (Phi) is 6.36. The highest BCUT2D eigenvalue weighted by molar-refractivity contribution is 7.90. The zero-order valence-corrected chi connectivity index (χ0v) is 15.9. The van der Waals surface area contributed by atoms with Crippen LogP contribution in [0.5, 0.6) is 5.75 Å². The highest BCUT2D eigenvalue weighted by Crippen LogP contribution is 2.31. The molecule has 2 aliphatic rings. The maximum absolute atomic E-state index is 12.6. The summed E-state index contributed by atoms with van der Waals surface area (Å²) in [5.41, 5.74) is 1.07. The summed E-state index contributed by atoms with van der Waals surface area (Å²) in [4.78, 5) is 2.40. The molecule has 0 amide bonds.